The minimum absolute atomic E-state index is 0.00565. The first kappa shape index (κ1) is 32.0. The molecule has 1 amide bonds. The molecule has 3 aliphatic rings. The summed E-state index contributed by atoms with van der Waals surface area (Å²) in [5.74, 6) is 1.21. The SMILES string of the molecule is CO.O=C1COC(N2CC3CCCC(c4ccc(F)cc4)[C@@H]3C2)=N1.O=NCc1cc(C(F)(F)F)cc(C(F)(F)F)c1. The number of alkyl halides is 6. The van der Waals surface area contributed by atoms with E-state index in [1.165, 1.54) is 18.4 Å². The molecule has 5 rings (SSSR count). The van der Waals surface area contributed by atoms with Gasteiger partial charge in [0.25, 0.3) is 11.9 Å². The quantitative estimate of drug-likeness (QED) is 0.342. The van der Waals surface area contributed by atoms with Crippen molar-refractivity contribution in [3.8, 4) is 0 Å². The zero-order chi connectivity index (χ0) is 30.4. The molecule has 0 spiro atoms. The molecule has 1 saturated heterocycles. The van der Waals surface area contributed by atoms with Gasteiger partial charge >= 0.3 is 12.4 Å². The van der Waals surface area contributed by atoms with E-state index in [0.717, 1.165) is 26.6 Å². The lowest BCUT2D eigenvalue weighted by Crippen LogP contribution is -2.29. The molecule has 0 bridgehead atoms. The zero-order valence-corrected chi connectivity index (χ0v) is 21.9. The van der Waals surface area contributed by atoms with Gasteiger partial charge in [-0.2, -0.15) is 36.2 Å². The van der Waals surface area contributed by atoms with Crippen LogP contribution in [-0.4, -0.2) is 48.7 Å². The molecule has 2 heterocycles. The predicted octanol–water partition coefficient (Wildman–Crippen LogP) is 6.15. The van der Waals surface area contributed by atoms with Crippen LogP contribution < -0.4 is 0 Å². The molecule has 14 heteroatoms. The van der Waals surface area contributed by atoms with Crippen molar-refractivity contribution in [1.29, 1.82) is 0 Å². The highest BCUT2D eigenvalue weighted by atomic mass is 19.4. The number of hydrogen-bond acceptors (Lipinski definition) is 6. The van der Waals surface area contributed by atoms with Gasteiger partial charge in [0.05, 0.1) is 11.1 Å². The number of likely N-dealkylation sites (tertiary alicyclic amines) is 1. The minimum Gasteiger partial charge on any atom is -0.455 e. The van der Waals surface area contributed by atoms with Crippen LogP contribution in [0.5, 0.6) is 0 Å². The van der Waals surface area contributed by atoms with Crippen LogP contribution in [-0.2, 0) is 28.4 Å². The van der Waals surface area contributed by atoms with Crippen molar-refractivity contribution < 1.29 is 45.4 Å². The Morgan fingerprint density at radius 1 is 0.976 bits per heavy atom. The first-order valence-electron chi connectivity index (χ1n) is 12.6. The summed E-state index contributed by atoms with van der Waals surface area (Å²) in [6.45, 7) is 1.11. The highest BCUT2D eigenvalue weighted by molar-refractivity contribution is 5.96. The number of halogens is 7. The number of amides is 1. The number of hydrogen-bond donors (Lipinski definition) is 1. The summed E-state index contributed by atoms with van der Waals surface area (Å²) >= 11 is 0. The lowest BCUT2D eigenvalue weighted by atomic mass is 9.71. The van der Waals surface area contributed by atoms with E-state index in [1.54, 1.807) is 12.1 Å². The van der Waals surface area contributed by atoms with Crippen LogP contribution >= 0.6 is 0 Å². The number of fused-ring (bicyclic) bond motifs is 1. The molecule has 41 heavy (non-hydrogen) atoms. The summed E-state index contributed by atoms with van der Waals surface area (Å²) < 4.78 is 92.3. The van der Waals surface area contributed by atoms with Gasteiger partial charge in [-0.05, 0) is 72.1 Å². The fourth-order valence-electron chi connectivity index (χ4n) is 5.40. The summed E-state index contributed by atoms with van der Waals surface area (Å²) in [7, 11) is 1.00. The Morgan fingerprint density at radius 3 is 2.10 bits per heavy atom. The van der Waals surface area contributed by atoms with E-state index >= 15 is 0 Å². The van der Waals surface area contributed by atoms with Gasteiger partial charge in [-0.1, -0.05) is 23.7 Å². The van der Waals surface area contributed by atoms with Crippen LogP contribution in [0.15, 0.2) is 52.6 Å². The second-order valence-electron chi connectivity index (χ2n) is 9.70. The number of rotatable bonds is 3. The standard InChI is InChI=1S/C17H19FN2O2.C9H5F6NO.CH4O/c18-13-6-4-11(5-7-13)14-3-1-2-12-8-20(9-15(12)14)17-19-16(21)10-22-17;10-8(11,12)6-1-5(4-16-17)2-7(3-6)9(13,14)15;1-2/h4-7,12,14-15H,1-3,8-10H2;1-3H,4H2;2H,1H3/t12?,14?,15-;;/m1../s1. The Hall–Kier alpha value is -3.55. The molecular weight excluding hydrogens is 563 g/mol. The number of aliphatic imine (C=N–C) groups is 1. The van der Waals surface area contributed by atoms with Crippen molar-refractivity contribution in [2.24, 2.45) is 22.0 Å². The van der Waals surface area contributed by atoms with E-state index in [9.17, 15) is 40.4 Å². The molecule has 2 fully saturated rings. The third kappa shape index (κ3) is 8.24. The van der Waals surface area contributed by atoms with Crippen molar-refractivity contribution >= 4 is 11.9 Å². The Morgan fingerprint density at radius 2 is 1.59 bits per heavy atom. The van der Waals surface area contributed by atoms with Crippen molar-refractivity contribution in [2.45, 2.75) is 44.1 Å². The van der Waals surface area contributed by atoms with Gasteiger partial charge in [0.15, 0.2) is 6.61 Å². The van der Waals surface area contributed by atoms with Gasteiger partial charge < -0.3 is 14.7 Å². The number of benzene rings is 2. The second kappa shape index (κ2) is 13.4. The van der Waals surface area contributed by atoms with Crippen LogP contribution in [0.3, 0.4) is 0 Å². The summed E-state index contributed by atoms with van der Waals surface area (Å²) in [6.07, 6.45) is -6.26. The number of ether oxygens (including phenoxy) is 1. The summed E-state index contributed by atoms with van der Waals surface area (Å²) in [4.78, 5) is 27.2. The van der Waals surface area contributed by atoms with Crippen molar-refractivity contribution in [3.63, 3.8) is 0 Å². The highest BCUT2D eigenvalue weighted by Gasteiger charge is 2.43. The molecule has 2 unspecified atom stereocenters. The zero-order valence-electron chi connectivity index (χ0n) is 21.9. The Labute approximate surface area is 231 Å². The average molecular weight is 592 g/mol. The molecule has 2 aliphatic heterocycles. The van der Waals surface area contributed by atoms with E-state index in [4.69, 9.17) is 9.84 Å². The maximum atomic E-state index is 13.2. The van der Waals surface area contributed by atoms with E-state index in [2.05, 4.69) is 15.1 Å². The molecule has 2 aromatic rings. The third-order valence-electron chi connectivity index (χ3n) is 7.11. The minimum atomic E-state index is -4.90. The van der Waals surface area contributed by atoms with Crippen LogP contribution in [0.1, 0.15) is 47.4 Å². The lowest BCUT2D eigenvalue weighted by Gasteiger charge is -2.33. The lowest BCUT2D eigenvalue weighted by molar-refractivity contribution is -0.143. The molecule has 2 aromatic carbocycles. The highest BCUT2D eigenvalue weighted by Crippen LogP contribution is 2.45. The van der Waals surface area contributed by atoms with Crippen LogP contribution in [0, 0.1) is 22.6 Å². The van der Waals surface area contributed by atoms with E-state index < -0.39 is 35.6 Å². The average Bonchev–Trinajstić information content (AvgIpc) is 3.56. The van der Waals surface area contributed by atoms with Gasteiger partial charge in [0, 0.05) is 20.2 Å². The maximum absolute atomic E-state index is 13.2. The predicted molar refractivity (Wildman–Crippen MR) is 134 cm³/mol. The van der Waals surface area contributed by atoms with Crippen LogP contribution in [0.2, 0.25) is 0 Å². The number of aliphatic hydroxyl groups excluding tert-OH is 1. The number of carbonyl (C=O) groups is 1. The summed E-state index contributed by atoms with van der Waals surface area (Å²) in [6, 6.07) is 8.36. The Balaban J connectivity index is 0.000000220. The number of carbonyl (C=O) groups excluding carboxylic acids is 1. The fourth-order valence-corrected chi connectivity index (χ4v) is 5.40. The number of aliphatic hydroxyl groups is 1. The summed E-state index contributed by atoms with van der Waals surface area (Å²) in [5.41, 5.74) is -2.11. The molecule has 1 aliphatic carbocycles. The molecule has 1 N–H and O–H groups in total. The maximum Gasteiger partial charge on any atom is 0.416 e. The van der Waals surface area contributed by atoms with E-state index in [-0.39, 0.29) is 24.4 Å². The van der Waals surface area contributed by atoms with Crippen molar-refractivity contribution in [2.75, 3.05) is 26.8 Å². The topological polar surface area (TPSA) is 91.6 Å². The summed E-state index contributed by atoms with van der Waals surface area (Å²) in [5, 5.41) is 9.27. The largest absolute Gasteiger partial charge is 0.455 e. The van der Waals surface area contributed by atoms with Crippen LogP contribution in [0.25, 0.3) is 0 Å². The third-order valence-corrected chi connectivity index (χ3v) is 7.11. The molecular formula is C27H28F7N3O4. The van der Waals surface area contributed by atoms with Gasteiger partial charge in [-0.15, -0.1) is 0 Å². The molecule has 7 nitrogen and oxygen atoms in total. The monoisotopic (exact) mass is 591 g/mol. The molecule has 224 valence electrons. The first-order valence-corrected chi connectivity index (χ1v) is 12.6. The van der Waals surface area contributed by atoms with Gasteiger partial charge in [0.1, 0.15) is 12.4 Å². The molecule has 1 saturated carbocycles. The Bertz CT molecular complexity index is 1200. The molecule has 0 aromatic heterocycles. The van der Waals surface area contributed by atoms with Crippen molar-refractivity contribution in [3.05, 3.63) is 75.4 Å². The van der Waals surface area contributed by atoms with Gasteiger partial charge in [-0.25, -0.2) is 4.39 Å². The number of nitrogens with zero attached hydrogens (tertiary/aromatic N) is 3. The van der Waals surface area contributed by atoms with Gasteiger partial charge in [0.2, 0.25) is 0 Å². The molecule has 0 radical (unpaired) electrons. The smallest absolute Gasteiger partial charge is 0.416 e. The van der Waals surface area contributed by atoms with Crippen LogP contribution in [0.4, 0.5) is 30.7 Å². The molecule has 3 atom stereocenters. The van der Waals surface area contributed by atoms with E-state index in [1.807, 2.05) is 12.1 Å². The Kier molecular flexibility index (Phi) is 10.5. The first-order chi connectivity index (χ1) is 19.3. The number of nitroso groups, excluding NO2 is 1. The van der Waals surface area contributed by atoms with Crippen molar-refractivity contribution in [1.82, 2.24) is 4.90 Å². The second-order valence-corrected chi connectivity index (χ2v) is 9.70. The normalized spacial score (nSPS) is 22.0. The fraction of sp³-hybridized carbons (Fsp3) is 0.481. The van der Waals surface area contributed by atoms with E-state index in [0.29, 0.717) is 35.9 Å². The van der Waals surface area contributed by atoms with Gasteiger partial charge in [-0.3, -0.25) is 4.79 Å². The number of amidine groups is 1.